The van der Waals surface area contributed by atoms with Crippen molar-refractivity contribution in [2.24, 2.45) is 16.4 Å². The van der Waals surface area contributed by atoms with E-state index in [2.05, 4.69) is 36.3 Å². The topological polar surface area (TPSA) is 76.3 Å². The Bertz CT molecular complexity index is 1000. The van der Waals surface area contributed by atoms with Crippen molar-refractivity contribution in [3.05, 3.63) is 39.9 Å². The van der Waals surface area contributed by atoms with E-state index in [0.29, 0.717) is 27.8 Å². The molecule has 28 heavy (non-hydrogen) atoms. The second-order valence-electron chi connectivity index (χ2n) is 9.08. The summed E-state index contributed by atoms with van der Waals surface area (Å²) in [5.41, 5.74) is 5.13. The summed E-state index contributed by atoms with van der Waals surface area (Å²) in [5.74, 6) is 1.26. The fourth-order valence-corrected chi connectivity index (χ4v) is 4.35. The number of fused-ring (bicyclic) bond motifs is 2. The number of rotatable bonds is 2. The van der Waals surface area contributed by atoms with E-state index in [0.717, 1.165) is 56.6 Å². The molecule has 1 aromatic heterocycles. The van der Waals surface area contributed by atoms with Crippen LogP contribution in [0, 0.1) is 11.3 Å². The van der Waals surface area contributed by atoms with Gasteiger partial charge >= 0.3 is 0 Å². The highest BCUT2D eigenvalue weighted by Gasteiger charge is 2.28. The average Bonchev–Trinajstić information content (AvgIpc) is 3.14. The lowest BCUT2D eigenvalue weighted by Gasteiger charge is -2.34. The molecular formula is C22H28N4O2. The minimum absolute atomic E-state index is 0.0136. The first-order valence-corrected chi connectivity index (χ1v) is 10.2. The number of carbonyl (C=O) groups excluding carboxylic acids is 1. The first-order chi connectivity index (χ1) is 13.3. The van der Waals surface area contributed by atoms with Gasteiger partial charge in [0.05, 0.1) is 10.9 Å². The van der Waals surface area contributed by atoms with Crippen molar-refractivity contribution < 1.29 is 4.79 Å². The van der Waals surface area contributed by atoms with Crippen LogP contribution >= 0.6 is 0 Å². The highest BCUT2D eigenvalue weighted by Crippen LogP contribution is 2.36. The molecule has 0 atom stereocenters. The second kappa shape index (κ2) is 7.15. The minimum atomic E-state index is -0.255. The summed E-state index contributed by atoms with van der Waals surface area (Å²) in [6, 6.07) is 5.08. The smallest absolute Gasteiger partial charge is 0.271 e. The maximum atomic E-state index is 12.5. The average molecular weight is 380 g/mol. The summed E-state index contributed by atoms with van der Waals surface area (Å²) >= 11 is 0. The fourth-order valence-electron chi connectivity index (χ4n) is 4.35. The summed E-state index contributed by atoms with van der Waals surface area (Å²) in [7, 11) is 0. The molecule has 1 amide bonds. The second-order valence-corrected chi connectivity index (χ2v) is 9.08. The van der Waals surface area contributed by atoms with Crippen LogP contribution in [0.25, 0.3) is 10.9 Å². The SMILES string of the molecule is CC(C)(C)C1CCC(=NNC(=O)c2ccc3c(=O)n4c(nc3c2)CCC4)CC1. The molecule has 1 N–H and O–H groups in total. The first kappa shape index (κ1) is 18.8. The Balaban J connectivity index is 1.48. The van der Waals surface area contributed by atoms with Crippen LogP contribution in [0.4, 0.5) is 0 Å². The molecule has 0 unspecified atom stereocenters. The van der Waals surface area contributed by atoms with Crippen molar-refractivity contribution in [1.29, 1.82) is 0 Å². The molecule has 2 heterocycles. The third-order valence-corrected chi connectivity index (χ3v) is 6.18. The molecule has 0 radical (unpaired) electrons. The molecule has 0 spiro atoms. The van der Waals surface area contributed by atoms with Gasteiger partial charge in [-0.25, -0.2) is 10.4 Å². The summed E-state index contributed by atoms with van der Waals surface area (Å²) in [6.07, 6.45) is 5.86. The maximum absolute atomic E-state index is 12.5. The predicted octanol–water partition coefficient (Wildman–Crippen LogP) is 3.66. The van der Waals surface area contributed by atoms with Gasteiger partial charge in [0.15, 0.2) is 0 Å². The molecule has 148 valence electrons. The molecule has 2 aromatic rings. The van der Waals surface area contributed by atoms with Crippen molar-refractivity contribution in [2.45, 2.75) is 65.8 Å². The minimum Gasteiger partial charge on any atom is -0.296 e. The van der Waals surface area contributed by atoms with Gasteiger partial charge in [0, 0.05) is 24.2 Å². The van der Waals surface area contributed by atoms with E-state index in [-0.39, 0.29) is 11.5 Å². The van der Waals surface area contributed by atoms with Crippen LogP contribution in [0.5, 0.6) is 0 Å². The Labute approximate surface area is 165 Å². The van der Waals surface area contributed by atoms with Gasteiger partial charge in [-0.05, 0) is 61.6 Å². The molecular weight excluding hydrogens is 352 g/mol. The molecule has 2 aliphatic rings. The quantitative estimate of drug-likeness (QED) is 0.808. The van der Waals surface area contributed by atoms with E-state index in [1.54, 1.807) is 22.8 Å². The highest BCUT2D eigenvalue weighted by atomic mass is 16.2. The third kappa shape index (κ3) is 3.60. The maximum Gasteiger partial charge on any atom is 0.271 e. The van der Waals surface area contributed by atoms with E-state index in [1.165, 1.54) is 0 Å². The largest absolute Gasteiger partial charge is 0.296 e. The van der Waals surface area contributed by atoms with Gasteiger partial charge in [-0.15, -0.1) is 0 Å². The predicted molar refractivity (Wildman–Crippen MR) is 111 cm³/mol. The standard InChI is InChI=1S/C22H28N4O2/c1-22(2,3)15-7-9-16(10-8-15)24-25-20(27)14-6-11-17-18(13-14)23-19-5-4-12-26(19)21(17)28/h6,11,13,15H,4-5,7-10,12H2,1-3H3,(H,25,27). The number of nitrogens with one attached hydrogen (secondary N) is 1. The van der Waals surface area contributed by atoms with Crippen LogP contribution in [-0.2, 0) is 13.0 Å². The fraction of sp³-hybridized carbons (Fsp3) is 0.545. The van der Waals surface area contributed by atoms with Gasteiger partial charge in [0.2, 0.25) is 0 Å². The number of aromatic nitrogens is 2. The van der Waals surface area contributed by atoms with Crippen LogP contribution in [0.15, 0.2) is 28.1 Å². The van der Waals surface area contributed by atoms with Gasteiger partial charge in [0.25, 0.3) is 11.5 Å². The van der Waals surface area contributed by atoms with Crippen LogP contribution in [-0.4, -0.2) is 21.2 Å². The van der Waals surface area contributed by atoms with E-state index in [1.807, 2.05) is 0 Å². The van der Waals surface area contributed by atoms with Crippen molar-refractivity contribution in [3.8, 4) is 0 Å². The van der Waals surface area contributed by atoms with Crippen LogP contribution in [0.2, 0.25) is 0 Å². The summed E-state index contributed by atoms with van der Waals surface area (Å²) in [5, 5.41) is 4.93. The Kier molecular flexibility index (Phi) is 4.81. The molecule has 1 aliphatic carbocycles. The monoisotopic (exact) mass is 380 g/mol. The molecule has 4 rings (SSSR count). The first-order valence-electron chi connectivity index (χ1n) is 10.2. The van der Waals surface area contributed by atoms with E-state index in [9.17, 15) is 9.59 Å². The molecule has 6 heteroatoms. The Morgan fingerprint density at radius 3 is 2.68 bits per heavy atom. The van der Waals surface area contributed by atoms with Gasteiger partial charge in [-0.1, -0.05) is 20.8 Å². The third-order valence-electron chi connectivity index (χ3n) is 6.18. The van der Waals surface area contributed by atoms with Crippen LogP contribution in [0.3, 0.4) is 0 Å². The zero-order valence-corrected chi connectivity index (χ0v) is 16.9. The highest BCUT2D eigenvalue weighted by molar-refractivity contribution is 5.98. The molecule has 1 fully saturated rings. The zero-order valence-electron chi connectivity index (χ0n) is 16.9. The number of hydrogen-bond acceptors (Lipinski definition) is 4. The van der Waals surface area contributed by atoms with Gasteiger partial charge in [0.1, 0.15) is 5.82 Å². The normalized spacial score (nSPS) is 19.5. The number of aryl methyl sites for hydroxylation is 1. The molecule has 6 nitrogen and oxygen atoms in total. The lowest BCUT2D eigenvalue weighted by Crippen LogP contribution is -2.27. The lowest BCUT2D eigenvalue weighted by atomic mass is 9.72. The van der Waals surface area contributed by atoms with Gasteiger partial charge < -0.3 is 0 Å². The lowest BCUT2D eigenvalue weighted by molar-refractivity contribution is 0.0954. The van der Waals surface area contributed by atoms with Crippen molar-refractivity contribution in [1.82, 2.24) is 15.0 Å². The van der Waals surface area contributed by atoms with Gasteiger partial charge in [-0.2, -0.15) is 5.10 Å². The van der Waals surface area contributed by atoms with Crippen LogP contribution in [0.1, 0.15) is 69.1 Å². The number of hydrazone groups is 1. The zero-order chi connectivity index (χ0) is 19.9. The number of benzene rings is 1. The number of carbonyl (C=O) groups is 1. The summed E-state index contributed by atoms with van der Waals surface area (Å²) in [4.78, 5) is 29.7. The number of nitrogens with zero attached hydrogens (tertiary/aromatic N) is 3. The Morgan fingerprint density at radius 2 is 1.96 bits per heavy atom. The molecule has 0 bridgehead atoms. The van der Waals surface area contributed by atoms with Crippen molar-refractivity contribution >= 4 is 22.5 Å². The Hall–Kier alpha value is -2.50. The Morgan fingerprint density at radius 1 is 1.21 bits per heavy atom. The van der Waals surface area contributed by atoms with E-state index in [4.69, 9.17) is 0 Å². The molecule has 1 saturated carbocycles. The molecule has 1 aromatic carbocycles. The molecule has 0 saturated heterocycles. The summed E-state index contributed by atoms with van der Waals surface area (Å²) < 4.78 is 1.74. The van der Waals surface area contributed by atoms with Gasteiger partial charge in [-0.3, -0.25) is 14.2 Å². The van der Waals surface area contributed by atoms with Crippen LogP contribution < -0.4 is 11.0 Å². The molecule has 1 aliphatic heterocycles. The summed E-state index contributed by atoms with van der Waals surface area (Å²) in [6.45, 7) is 7.59. The van der Waals surface area contributed by atoms with Crippen molar-refractivity contribution in [3.63, 3.8) is 0 Å². The van der Waals surface area contributed by atoms with E-state index >= 15 is 0 Å². The van der Waals surface area contributed by atoms with Crippen molar-refractivity contribution in [2.75, 3.05) is 0 Å². The number of hydrogen-bond donors (Lipinski definition) is 1. The number of amides is 1. The van der Waals surface area contributed by atoms with E-state index < -0.39 is 0 Å².